The van der Waals surface area contributed by atoms with E-state index < -0.39 is 5.60 Å². The van der Waals surface area contributed by atoms with Gasteiger partial charge in [0, 0.05) is 18.5 Å². The molecule has 1 heterocycles. The van der Waals surface area contributed by atoms with Crippen LogP contribution < -0.4 is 5.73 Å². The number of hydrogen-bond acceptors (Lipinski definition) is 4. The molecule has 1 aromatic rings. The van der Waals surface area contributed by atoms with Gasteiger partial charge < -0.3 is 10.8 Å². The predicted molar refractivity (Wildman–Crippen MR) is 88.5 cm³/mol. The summed E-state index contributed by atoms with van der Waals surface area (Å²) >= 11 is 1.83. The van der Waals surface area contributed by atoms with E-state index in [1.165, 1.54) is 18.5 Å². The molecule has 0 bridgehead atoms. The molecule has 118 valence electrons. The number of thioether (sulfide) groups is 1. The molecule has 2 saturated carbocycles. The maximum absolute atomic E-state index is 10.7. The topological polar surface area (TPSA) is 64.1 Å². The Morgan fingerprint density at radius 3 is 2.48 bits per heavy atom. The zero-order valence-corrected chi connectivity index (χ0v) is 14.1. The van der Waals surface area contributed by atoms with Crippen molar-refractivity contribution >= 4 is 17.6 Å². The van der Waals surface area contributed by atoms with E-state index in [4.69, 9.17) is 5.73 Å². The Bertz CT molecular complexity index is 514. The van der Waals surface area contributed by atoms with Crippen LogP contribution >= 0.6 is 11.8 Å². The molecule has 21 heavy (non-hydrogen) atoms. The van der Waals surface area contributed by atoms with E-state index >= 15 is 0 Å². The first-order chi connectivity index (χ1) is 9.93. The highest BCUT2D eigenvalue weighted by molar-refractivity contribution is 7.98. The third-order valence-corrected chi connectivity index (χ3v) is 6.27. The average Bonchev–Trinajstić information content (AvgIpc) is 3.02. The number of nitrogens with zero attached hydrogens (tertiary/aromatic N) is 2. The SMILES string of the molecule is CSCCC1(O)CC2CC(c3nn(C)c(N)c3C)CC2C1. The fraction of sp³-hybridized carbons (Fsp3) is 0.812. The fourth-order valence-electron chi connectivity index (χ4n) is 4.54. The minimum Gasteiger partial charge on any atom is -0.390 e. The molecule has 4 nitrogen and oxygen atoms in total. The number of aromatic nitrogens is 2. The van der Waals surface area contributed by atoms with Crippen molar-refractivity contribution in [2.24, 2.45) is 18.9 Å². The summed E-state index contributed by atoms with van der Waals surface area (Å²) in [5.74, 6) is 3.73. The van der Waals surface area contributed by atoms with Gasteiger partial charge in [0.1, 0.15) is 5.82 Å². The lowest BCUT2D eigenvalue weighted by Crippen LogP contribution is -2.26. The summed E-state index contributed by atoms with van der Waals surface area (Å²) in [6, 6.07) is 0. The van der Waals surface area contributed by atoms with Gasteiger partial charge in [0.05, 0.1) is 11.3 Å². The van der Waals surface area contributed by atoms with Crippen LogP contribution in [0.4, 0.5) is 5.82 Å². The smallest absolute Gasteiger partial charge is 0.124 e. The molecule has 0 aromatic carbocycles. The Labute approximate surface area is 131 Å². The summed E-state index contributed by atoms with van der Waals surface area (Å²) in [6.45, 7) is 2.08. The largest absolute Gasteiger partial charge is 0.390 e. The van der Waals surface area contributed by atoms with Crippen molar-refractivity contribution in [3.63, 3.8) is 0 Å². The average molecular weight is 309 g/mol. The summed E-state index contributed by atoms with van der Waals surface area (Å²) < 4.78 is 1.80. The van der Waals surface area contributed by atoms with Gasteiger partial charge in [0.25, 0.3) is 0 Å². The molecule has 2 unspecified atom stereocenters. The minimum absolute atomic E-state index is 0.401. The van der Waals surface area contributed by atoms with Gasteiger partial charge in [-0.3, -0.25) is 4.68 Å². The van der Waals surface area contributed by atoms with Crippen molar-refractivity contribution in [2.45, 2.75) is 50.5 Å². The van der Waals surface area contributed by atoms with Crippen molar-refractivity contribution in [1.29, 1.82) is 0 Å². The highest BCUT2D eigenvalue weighted by Crippen LogP contribution is 2.55. The van der Waals surface area contributed by atoms with Crippen LogP contribution in [0.3, 0.4) is 0 Å². The van der Waals surface area contributed by atoms with E-state index in [9.17, 15) is 5.11 Å². The molecule has 0 amide bonds. The molecule has 2 aliphatic rings. The van der Waals surface area contributed by atoms with Crippen LogP contribution in [0.25, 0.3) is 0 Å². The molecule has 1 aromatic heterocycles. The van der Waals surface area contributed by atoms with E-state index in [2.05, 4.69) is 18.3 Å². The van der Waals surface area contributed by atoms with Crippen molar-refractivity contribution in [1.82, 2.24) is 9.78 Å². The summed E-state index contributed by atoms with van der Waals surface area (Å²) in [7, 11) is 1.92. The number of hydrogen-bond donors (Lipinski definition) is 2. The van der Waals surface area contributed by atoms with Gasteiger partial charge in [-0.05, 0) is 62.9 Å². The summed E-state index contributed by atoms with van der Waals surface area (Å²) in [5.41, 5.74) is 7.99. The second-order valence-electron chi connectivity index (χ2n) is 7.08. The van der Waals surface area contributed by atoms with Crippen LogP contribution in [0.5, 0.6) is 0 Å². The molecular weight excluding hydrogens is 282 g/mol. The maximum Gasteiger partial charge on any atom is 0.124 e. The van der Waals surface area contributed by atoms with Crippen LogP contribution in [0.2, 0.25) is 0 Å². The first kappa shape index (κ1) is 15.2. The Morgan fingerprint density at radius 2 is 2.00 bits per heavy atom. The second-order valence-corrected chi connectivity index (χ2v) is 8.07. The summed E-state index contributed by atoms with van der Waals surface area (Å²) in [6.07, 6.45) is 7.37. The van der Waals surface area contributed by atoms with E-state index in [1.807, 2.05) is 18.8 Å². The number of aliphatic hydroxyl groups is 1. The Balaban J connectivity index is 1.68. The Hall–Kier alpha value is -0.680. The van der Waals surface area contributed by atoms with E-state index in [0.717, 1.165) is 36.4 Å². The molecule has 2 aliphatic carbocycles. The summed E-state index contributed by atoms with van der Waals surface area (Å²) in [5, 5.41) is 15.4. The van der Waals surface area contributed by atoms with E-state index in [0.29, 0.717) is 17.8 Å². The predicted octanol–water partition coefficient (Wildman–Crippen LogP) is 2.70. The molecule has 0 saturated heterocycles. The monoisotopic (exact) mass is 309 g/mol. The third kappa shape index (κ3) is 2.70. The molecule has 5 heteroatoms. The van der Waals surface area contributed by atoms with Gasteiger partial charge in [-0.15, -0.1) is 0 Å². The molecule has 0 radical (unpaired) electrons. The van der Waals surface area contributed by atoms with Crippen molar-refractivity contribution in [3.8, 4) is 0 Å². The first-order valence-electron chi connectivity index (χ1n) is 7.94. The van der Waals surface area contributed by atoms with Gasteiger partial charge >= 0.3 is 0 Å². The van der Waals surface area contributed by atoms with Gasteiger partial charge in [-0.25, -0.2) is 0 Å². The molecule has 2 fully saturated rings. The van der Waals surface area contributed by atoms with E-state index in [-0.39, 0.29) is 0 Å². The number of nitrogen functional groups attached to an aromatic ring is 1. The molecule has 0 aliphatic heterocycles. The van der Waals surface area contributed by atoms with Gasteiger partial charge in [-0.2, -0.15) is 16.9 Å². The molecule has 3 N–H and O–H groups in total. The van der Waals surface area contributed by atoms with Gasteiger partial charge in [0.15, 0.2) is 0 Å². The molecule has 3 rings (SSSR count). The summed E-state index contributed by atoms with van der Waals surface area (Å²) in [4.78, 5) is 0. The number of anilines is 1. The van der Waals surface area contributed by atoms with Crippen LogP contribution in [-0.4, -0.2) is 32.5 Å². The van der Waals surface area contributed by atoms with Crippen LogP contribution in [0, 0.1) is 18.8 Å². The normalized spacial score (nSPS) is 35.3. The second kappa shape index (κ2) is 5.51. The van der Waals surface area contributed by atoms with Crippen LogP contribution in [0.1, 0.15) is 49.3 Å². The number of nitrogens with two attached hydrogens (primary N) is 1. The quantitative estimate of drug-likeness (QED) is 0.897. The van der Waals surface area contributed by atoms with Crippen LogP contribution in [-0.2, 0) is 7.05 Å². The maximum atomic E-state index is 10.7. The Morgan fingerprint density at radius 1 is 1.38 bits per heavy atom. The van der Waals surface area contributed by atoms with Crippen molar-refractivity contribution in [2.75, 3.05) is 17.7 Å². The lowest BCUT2D eigenvalue weighted by atomic mass is 9.90. The molecule has 0 spiro atoms. The van der Waals surface area contributed by atoms with Crippen molar-refractivity contribution < 1.29 is 5.11 Å². The first-order valence-corrected chi connectivity index (χ1v) is 9.33. The number of aryl methyl sites for hydroxylation is 1. The number of fused-ring (bicyclic) bond motifs is 1. The zero-order valence-electron chi connectivity index (χ0n) is 13.3. The lowest BCUT2D eigenvalue weighted by molar-refractivity contribution is 0.0355. The lowest BCUT2D eigenvalue weighted by Gasteiger charge is -2.24. The van der Waals surface area contributed by atoms with Crippen molar-refractivity contribution in [3.05, 3.63) is 11.3 Å². The highest BCUT2D eigenvalue weighted by Gasteiger charge is 2.49. The van der Waals surface area contributed by atoms with E-state index in [1.54, 1.807) is 4.68 Å². The minimum atomic E-state index is -0.401. The third-order valence-electron chi connectivity index (χ3n) is 5.66. The fourth-order valence-corrected chi connectivity index (χ4v) is 5.13. The zero-order chi connectivity index (χ0) is 15.2. The van der Waals surface area contributed by atoms with Gasteiger partial charge in [0.2, 0.25) is 0 Å². The Kier molecular flexibility index (Phi) is 3.99. The van der Waals surface area contributed by atoms with Crippen LogP contribution in [0.15, 0.2) is 0 Å². The standard InChI is InChI=1S/C16H27N3OS/c1-10-14(18-19(2)15(10)17)11-6-12-8-16(20,4-5-21-3)9-13(12)7-11/h11-13,20H,4-9,17H2,1-3H3. The highest BCUT2D eigenvalue weighted by atomic mass is 32.2. The molecular formula is C16H27N3OS. The number of rotatable bonds is 4. The van der Waals surface area contributed by atoms with Gasteiger partial charge in [-0.1, -0.05) is 0 Å². The molecule has 2 atom stereocenters.